The molecule has 0 spiro atoms. The number of hydrogen-bond acceptors (Lipinski definition) is 4. The van der Waals surface area contributed by atoms with Crippen LogP contribution in [0.25, 0.3) is 0 Å². The van der Waals surface area contributed by atoms with Gasteiger partial charge in [0.05, 0.1) is 5.54 Å². The van der Waals surface area contributed by atoms with Crippen molar-refractivity contribution in [3.05, 3.63) is 35.9 Å². The molecule has 21 heavy (non-hydrogen) atoms. The van der Waals surface area contributed by atoms with Gasteiger partial charge in [-0.25, -0.2) is 4.79 Å². The molecule has 1 saturated heterocycles. The number of nitrogens with one attached hydrogen (secondary N) is 1. The molecule has 114 valence electrons. The first-order valence-corrected chi connectivity index (χ1v) is 7.02. The Balaban J connectivity index is 1.82. The molecule has 0 saturated carbocycles. The maximum atomic E-state index is 12.0. The van der Waals surface area contributed by atoms with E-state index in [4.69, 9.17) is 10.5 Å². The number of carbonyl (C=O) groups is 2. The summed E-state index contributed by atoms with van der Waals surface area (Å²) >= 11 is 0. The van der Waals surface area contributed by atoms with Crippen molar-refractivity contribution in [2.24, 2.45) is 5.73 Å². The molecule has 0 bridgehead atoms. The number of piperidine rings is 1. The number of likely N-dealkylation sites (tertiary alicyclic amines) is 1. The standard InChI is InChI=1S/C15H21N3O3/c1-17-13(19)15(16)7-9-18(10-8-15)14(20)21-11-12-5-3-2-4-6-12/h2-6H,7-11,16H2,1H3,(H,17,19). The van der Waals surface area contributed by atoms with Gasteiger partial charge in [-0.1, -0.05) is 30.3 Å². The number of carbonyl (C=O) groups excluding carboxylic acids is 2. The van der Waals surface area contributed by atoms with Crippen LogP contribution in [0.2, 0.25) is 0 Å². The first-order valence-electron chi connectivity index (χ1n) is 7.02. The Kier molecular flexibility index (Phi) is 4.80. The molecule has 0 radical (unpaired) electrons. The van der Waals surface area contributed by atoms with Crippen molar-refractivity contribution >= 4 is 12.0 Å². The maximum Gasteiger partial charge on any atom is 0.410 e. The Labute approximate surface area is 124 Å². The third-order valence-corrected chi connectivity index (χ3v) is 3.80. The van der Waals surface area contributed by atoms with E-state index in [9.17, 15) is 9.59 Å². The highest BCUT2D eigenvalue weighted by Gasteiger charge is 2.38. The minimum Gasteiger partial charge on any atom is -0.445 e. The van der Waals surface area contributed by atoms with Crippen molar-refractivity contribution in [3.63, 3.8) is 0 Å². The summed E-state index contributed by atoms with van der Waals surface area (Å²) in [7, 11) is 1.57. The molecule has 0 atom stereocenters. The molecule has 0 aromatic heterocycles. The molecule has 3 N–H and O–H groups in total. The fourth-order valence-corrected chi connectivity index (χ4v) is 2.37. The molecular formula is C15H21N3O3. The van der Waals surface area contributed by atoms with E-state index in [1.807, 2.05) is 30.3 Å². The molecule has 6 nitrogen and oxygen atoms in total. The summed E-state index contributed by atoms with van der Waals surface area (Å²) in [5.41, 5.74) is 6.11. The number of ether oxygens (including phenoxy) is 1. The summed E-state index contributed by atoms with van der Waals surface area (Å²) in [6, 6.07) is 9.52. The summed E-state index contributed by atoms with van der Waals surface area (Å²) in [5.74, 6) is -0.181. The summed E-state index contributed by atoms with van der Waals surface area (Å²) in [5, 5.41) is 2.57. The van der Waals surface area contributed by atoms with Gasteiger partial charge in [0.25, 0.3) is 0 Å². The average Bonchev–Trinajstić information content (AvgIpc) is 2.53. The van der Waals surface area contributed by atoms with Crippen molar-refractivity contribution in [2.75, 3.05) is 20.1 Å². The van der Waals surface area contributed by atoms with Gasteiger partial charge in [-0.3, -0.25) is 4.79 Å². The Morgan fingerprint density at radius 1 is 1.29 bits per heavy atom. The van der Waals surface area contributed by atoms with Crippen molar-refractivity contribution in [1.29, 1.82) is 0 Å². The second kappa shape index (κ2) is 6.58. The van der Waals surface area contributed by atoms with Crippen LogP contribution in [-0.4, -0.2) is 42.6 Å². The fraction of sp³-hybridized carbons (Fsp3) is 0.467. The molecule has 1 aliphatic heterocycles. The Morgan fingerprint density at radius 2 is 1.90 bits per heavy atom. The normalized spacial score (nSPS) is 17.1. The quantitative estimate of drug-likeness (QED) is 0.865. The molecule has 1 fully saturated rings. The molecule has 1 aromatic rings. The van der Waals surface area contributed by atoms with Gasteiger partial charge in [-0.2, -0.15) is 0 Å². The minimum absolute atomic E-state index is 0.181. The van der Waals surface area contributed by atoms with Crippen LogP contribution in [0.5, 0.6) is 0 Å². The Hall–Kier alpha value is -2.08. The van der Waals surface area contributed by atoms with Crippen LogP contribution < -0.4 is 11.1 Å². The van der Waals surface area contributed by atoms with Crippen molar-refractivity contribution in [3.8, 4) is 0 Å². The van der Waals surface area contributed by atoms with E-state index in [0.717, 1.165) is 5.56 Å². The zero-order chi connectivity index (χ0) is 15.3. The van der Waals surface area contributed by atoms with Crippen molar-refractivity contribution in [2.45, 2.75) is 25.0 Å². The summed E-state index contributed by atoms with van der Waals surface area (Å²) < 4.78 is 5.27. The van der Waals surface area contributed by atoms with Gasteiger partial charge < -0.3 is 20.7 Å². The van der Waals surface area contributed by atoms with Crippen molar-refractivity contribution in [1.82, 2.24) is 10.2 Å². The van der Waals surface area contributed by atoms with Crippen molar-refractivity contribution < 1.29 is 14.3 Å². The van der Waals surface area contributed by atoms with E-state index in [1.165, 1.54) is 0 Å². The molecule has 1 heterocycles. The first-order chi connectivity index (χ1) is 10.0. The maximum absolute atomic E-state index is 12.0. The summed E-state index contributed by atoms with van der Waals surface area (Å²) in [6.07, 6.45) is 0.512. The van der Waals surface area contributed by atoms with E-state index in [1.54, 1.807) is 11.9 Å². The lowest BCUT2D eigenvalue weighted by molar-refractivity contribution is -0.127. The van der Waals surface area contributed by atoms with E-state index in [2.05, 4.69) is 5.32 Å². The lowest BCUT2D eigenvalue weighted by Crippen LogP contribution is -2.59. The Morgan fingerprint density at radius 3 is 2.48 bits per heavy atom. The predicted octanol–water partition coefficient (Wildman–Crippen LogP) is 0.863. The fourth-order valence-electron chi connectivity index (χ4n) is 2.37. The molecule has 2 amide bonds. The van der Waals surface area contributed by atoms with E-state index in [0.29, 0.717) is 25.9 Å². The highest BCUT2D eigenvalue weighted by Crippen LogP contribution is 2.20. The molecule has 0 unspecified atom stereocenters. The van der Waals surface area contributed by atoms with Gasteiger partial charge in [0.1, 0.15) is 6.61 Å². The number of likely N-dealkylation sites (N-methyl/N-ethyl adjacent to an activating group) is 1. The first kappa shape index (κ1) is 15.3. The molecule has 0 aliphatic carbocycles. The number of nitrogens with two attached hydrogens (primary N) is 1. The second-order valence-corrected chi connectivity index (χ2v) is 5.26. The highest BCUT2D eigenvalue weighted by molar-refractivity contribution is 5.86. The predicted molar refractivity (Wildman–Crippen MR) is 78.4 cm³/mol. The van der Waals surface area contributed by atoms with E-state index >= 15 is 0 Å². The average molecular weight is 291 g/mol. The zero-order valence-corrected chi connectivity index (χ0v) is 12.2. The van der Waals surface area contributed by atoms with Crippen LogP contribution in [-0.2, 0) is 16.1 Å². The minimum atomic E-state index is -0.884. The summed E-state index contributed by atoms with van der Waals surface area (Å²) in [6.45, 7) is 1.11. The molecule has 2 rings (SSSR count). The SMILES string of the molecule is CNC(=O)C1(N)CCN(C(=O)OCc2ccccc2)CC1. The molecule has 6 heteroatoms. The van der Waals surface area contributed by atoms with Gasteiger partial charge in [0.2, 0.25) is 5.91 Å². The zero-order valence-electron chi connectivity index (χ0n) is 12.2. The Bertz CT molecular complexity index is 496. The van der Waals surface area contributed by atoms with Crippen LogP contribution >= 0.6 is 0 Å². The number of rotatable bonds is 3. The van der Waals surface area contributed by atoms with Crippen LogP contribution in [0.1, 0.15) is 18.4 Å². The van der Waals surface area contributed by atoms with E-state index in [-0.39, 0.29) is 18.6 Å². The second-order valence-electron chi connectivity index (χ2n) is 5.26. The van der Waals surface area contributed by atoms with Gasteiger partial charge in [-0.05, 0) is 18.4 Å². The molecule has 1 aliphatic rings. The number of amides is 2. The molecular weight excluding hydrogens is 270 g/mol. The lowest BCUT2D eigenvalue weighted by atomic mass is 9.88. The van der Waals surface area contributed by atoms with Gasteiger partial charge >= 0.3 is 6.09 Å². The van der Waals surface area contributed by atoms with Crippen LogP contribution in [0, 0.1) is 0 Å². The lowest BCUT2D eigenvalue weighted by Gasteiger charge is -2.37. The third-order valence-electron chi connectivity index (χ3n) is 3.80. The van der Waals surface area contributed by atoms with E-state index < -0.39 is 5.54 Å². The summed E-state index contributed by atoms with van der Waals surface area (Å²) in [4.78, 5) is 25.3. The molecule has 1 aromatic carbocycles. The third kappa shape index (κ3) is 3.72. The van der Waals surface area contributed by atoms with Gasteiger partial charge in [0, 0.05) is 20.1 Å². The van der Waals surface area contributed by atoms with Gasteiger partial charge in [0.15, 0.2) is 0 Å². The van der Waals surface area contributed by atoms with Crippen LogP contribution in [0.15, 0.2) is 30.3 Å². The number of nitrogens with zero attached hydrogens (tertiary/aromatic N) is 1. The monoisotopic (exact) mass is 291 g/mol. The van der Waals surface area contributed by atoms with Gasteiger partial charge in [-0.15, -0.1) is 0 Å². The smallest absolute Gasteiger partial charge is 0.410 e. The largest absolute Gasteiger partial charge is 0.445 e. The van der Waals surface area contributed by atoms with Crippen LogP contribution in [0.3, 0.4) is 0 Å². The topological polar surface area (TPSA) is 84.7 Å². The number of benzene rings is 1. The highest BCUT2D eigenvalue weighted by atomic mass is 16.6. The van der Waals surface area contributed by atoms with Crippen LogP contribution in [0.4, 0.5) is 4.79 Å². The number of hydrogen-bond donors (Lipinski definition) is 2.